The lowest BCUT2D eigenvalue weighted by atomic mass is 10.2. The molecule has 0 spiro atoms. The fourth-order valence-corrected chi connectivity index (χ4v) is 2.14. The second-order valence-corrected chi connectivity index (χ2v) is 4.80. The van der Waals surface area contributed by atoms with E-state index in [1.54, 1.807) is 6.92 Å². The van der Waals surface area contributed by atoms with Crippen LogP contribution in [0, 0.1) is 0 Å². The maximum atomic E-state index is 11.9. The van der Waals surface area contributed by atoms with Crippen LogP contribution in [0.15, 0.2) is 28.7 Å². The molecule has 17 heavy (non-hydrogen) atoms. The third-order valence-electron chi connectivity index (χ3n) is 2.75. The summed E-state index contributed by atoms with van der Waals surface area (Å²) in [5, 5.41) is 3.08. The molecule has 1 heterocycles. The smallest absolute Gasteiger partial charge is 0.252 e. The molecule has 2 rings (SSSR count). The van der Waals surface area contributed by atoms with Crippen molar-refractivity contribution >= 4 is 33.4 Å². The van der Waals surface area contributed by atoms with E-state index in [1.165, 1.54) is 4.90 Å². The molecule has 1 saturated heterocycles. The Morgan fingerprint density at radius 2 is 2.00 bits per heavy atom. The van der Waals surface area contributed by atoms with E-state index in [2.05, 4.69) is 21.2 Å². The van der Waals surface area contributed by atoms with Crippen molar-refractivity contribution in [3.63, 3.8) is 0 Å². The summed E-state index contributed by atoms with van der Waals surface area (Å²) in [6.45, 7) is 2.24. The first kappa shape index (κ1) is 12.1. The van der Waals surface area contributed by atoms with Crippen LogP contribution in [0.2, 0.25) is 0 Å². The van der Waals surface area contributed by atoms with E-state index in [9.17, 15) is 9.59 Å². The van der Waals surface area contributed by atoms with Gasteiger partial charge < -0.3 is 5.32 Å². The molecule has 1 unspecified atom stereocenters. The van der Waals surface area contributed by atoms with Gasteiger partial charge in [0.15, 0.2) is 0 Å². The highest BCUT2D eigenvalue weighted by atomic mass is 79.9. The zero-order chi connectivity index (χ0) is 12.4. The third kappa shape index (κ3) is 2.49. The average molecular weight is 297 g/mol. The molecular formula is C12H13BrN2O2. The molecule has 0 saturated carbocycles. The highest BCUT2D eigenvalue weighted by Crippen LogP contribution is 2.19. The van der Waals surface area contributed by atoms with Crippen LogP contribution in [0.5, 0.6) is 0 Å². The number of rotatable bonds is 3. The number of amides is 2. The largest absolute Gasteiger partial charge is 0.373 e. The minimum Gasteiger partial charge on any atom is -0.373 e. The van der Waals surface area contributed by atoms with Crippen molar-refractivity contribution in [2.75, 3.05) is 11.9 Å². The van der Waals surface area contributed by atoms with Gasteiger partial charge in [0.25, 0.3) is 5.91 Å². The van der Waals surface area contributed by atoms with Gasteiger partial charge in [0, 0.05) is 16.7 Å². The SMILES string of the molecule is CCN1C(=O)CC(Nc2ccc(Br)cc2)C1=O. The fourth-order valence-electron chi connectivity index (χ4n) is 1.88. The molecule has 1 N–H and O–H groups in total. The second kappa shape index (κ2) is 4.87. The van der Waals surface area contributed by atoms with E-state index >= 15 is 0 Å². The number of nitrogens with one attached hydrogen (secondary N) is 1. The Morgan fingerprint density at radius 1 is 1.35 bits per heavy atom. The number of likely N-dealkylation sites (tertiary alicyclic amines) is 1. The van der Waals surface area contributed by atoms with Crippen molar-refractivity contribution in [3.8, 4) is 0 Å². The molecule has 1 aliphatic heterocycles. The molecule has 90 valence electrons. The van der Waals surface area contributed by atoms with Gasteiger partial charge in [-0.05, 0) is 31.2 Å². The first-order valence-electron chi connectivity index (χ1n) is 5.48. The van der Waals surface area contributed by atoms with Crippen molar-refractivity contribution in [2.45, 2.75) is 19.4 Å². The number of hydrogen-bond acceptors (Lipinski definition) is 3. The first-order valence-corrected chi connectivity index (χ1v) is 6.27. The van der Waals surface area contributed by atoms with Crippen molar-refractivity contribution < 1.29 is 9.59 Å². The molecule has 1 aromatic rings. The van der Waals surface area contributed by atoms with Gasteiger partial charge in [0.2, 0.25) is 5.91 Å². The van der Waals surface area contributed by atoms with Gasteiger partial charge in [0.05, 0.1) is 6.42 Å². The van der Waals surface area contributed by atoms with E-state index in [-0.39, 0.29) is 18.2 Å². The summed E-state index contributed by atoms with van der Waals surface area (Å²) in [6, 6.07) is 7.10. The van der Waals surface area contributed by atoms with Crippen LogP contribution >= 0.6 is 15.9 Å². The molecule has 0 aliphatic carbocycles. The highest BCUT2D eigenvalue weighted by Gasteiger charge is 2.37. The van der Waals surface area contributed by atoms with Crippen LogP contribution in [0.4, 0.5) is 5.69 Å². The van der Waals surface area contributed by atoms with Crippen molar-refractivity contribution in [3.05, 3.63) is 28.7 Å². The summed E-state index contributed by atoms with van der Waals surface area (Å²) in [5.74, 6) is -0.243. The van der Waals surface area contributed by atoms with Gasteiger partial charge in [-0.25, -0.2) is 0 Å². The molecule has 1 aliphatic rings. The van der Waals surface area contributed by atoms with Crippen LogP contribution < -0.4 is 5.32 Å². The van der Waals surface area contributed by atoms with Gasteiger partial charge >= 0.3 is 0 Å². The molecular weight excluding hydrogens is 284 g/mol. The van der Waals surface area contributed by atoms with Gasteiger partial charge in [-0.3, -0.25) is 14.5 Å². The quantitative estimate of drug-likeness (QED) is 0.868. The molecule has 5 heteroatoms. The van der Waals surface area contributed by atoms with Crippen LogP contribution in [0.3, 0.4) is 0 Å². The summed E-state index contributed by atoms with van der Waals surface area (Å²) in [4.78, 5) is 24.7. The average Bonchev–Trinajstić information content (AvgIpc) is 2.57. The Kier molecular flexibility index (Phi) is 3.47. The van der Waals surface area contributed by atoms with E-state index in [4.69, 9.17) is 0 Å². The normalized spacial score (nSPS) is 19.9. The summed E-state index contributed by atoms with van der Waals surface area (Å²) >= 11 is 3.34. The fraction of sp³-hybridized carbons (Fsp3) is 0.333. The number of anilines is 1. The first-order chi connectivity index (χ1) is 8.11. The topological polar surface area (TPSA) is 49.4 Å². The molecule has 1 fully saturated rings. The van der Waals surface area contributed by atoms with Crippen LogP contribution in [-0.2, 0) is 9.59 Å². The maximum absolute atomic E-state index is 11.9. The predicted molar refractivity (Wildman–Crippen MR) is 68.6 cm³/mol. The number of carbonyl (C=O) groups excluding carboxylic acids is 2. The summed E-state index contributed by atoms with van der Waals surface area (Å²) < 4.78 is 0.979. The lowest BCUT2D eigenvalue weighted by molar-refractivity contribution is -0.138. The molecule has 0 radical (unpaired) electrons. The number of halogens is 1. The molecule has 0 bridgehead atoms. The zero-order valence-corrected chi connectivity index (χ0v) is 11.0. The number of carbonyl (C=O) groups is 2. The molecule has 1 aromatic carbocycles. The Morgan fingerprint density at radius 3 is 2.53 bits per heavy atom. The Hall–Kier alpha value is -1.36. The zero-order valence-electron chi connectivity index (χ0n) is 9.44. The monoisotopic (exact) mass is 296 g/mol. The third-order valence-corrected chi connectivity index (χ3v) is 3.27. The summed E-state index contributed by atoms with van der Waals surface area (Å²) in [7, 11) is 0. The number of likely N-dealkylation sites (N-methyl/N-ethyl adjacent to an activating group) is 1. The van der Waals surface area contributed by atoms with Crippen LogP contribution in [0.25, 0.3) is 0 Å². The van der Waals surface area contributed by atoms with Gasteiger partial charge in [-0.1, -0.05) is 15.9 Å². The lowest BCUT2D eigenvalue weighted by Gasteiger charge is -2.14. The van der Waals surface area contributed by atoms with Gasteiger partial charge in [0.1, 0.15) is 6.04 Å². The molecule has 4 nitrogen and oxygen atoms in total. The molecule has 2 amide bonds. The Bertz CT molecular complexity index is 444. The van der Waals surface area contributed by atoms with Gasteiger partial charge in [-0.15, -0.1) is 0 Å². The number of nitrogens with zero attached hydrogens (tertiary/aromatic N) is 1. The van der Waals surface area contributed by atoms with Crippen LogP contribution in [-0.4, -0.2) is 29.3 Å². The standard InChI is InChI=1S/C12H13BrN2O2/c1-2-15-11(16)7-10(12(15)17)14-9-5-3-8(13)4-6-9/h3-6,10,14H,2,7H2,1H3. The number of benzene rings is 1. The highest BCUT2D eigenvalue weighted by molar-refractivity contribution is 9.10. The van der Waals surface area contributed by atoms with Crippen molar-refractivity contribution in [1.82, 2.24) is 4.90 Å². The Balaban J connectivity index is 2.08. The van der Waals surface area contributed by atoms with E-state index in [0.29, 0.717) is 6.54 Å². The van der Waals surface area contributed by atoms with Crippen molar-refractivity contribution in [2.24, 2.45) is 0 Å². The summed E-state index contributed by atoms with van der Waals surface area (Å²) in [5.41, 5.74) is 0.845. The number of imide groups is 1. The van der Waals surface area contributed by atoms with E-state index in [1.807, 2.05) is 24.3 Å². The minimum absolute atomic E-state index is 0.105. The lowest BCUT2D eigenvalue weighted by Crippen LogP contribution is -2.34. The Labute approximate surface area is 108 Å². The van der Waals surface area contributed by atoms with E-state index < -0.39 is 6.04 Å². The summed E-state index contributed by atoms with van der Waals surface area (Å²) in [6.07, 6.45) is 0.239. The van der Waals surface area contributed by atoms with Crippen LogP contribution in [0.1, 0.15) is 13.3 Å². The predicted octanol–water partition coefficient (Wildman–Crippen LogP) is 2.01. The van der Waals surface area contributed by atoms with Gasteiger partial charge in [-0.2, -0.15) is 0 Å². The molecule has 1 atom stereocenters. The molecule has 0 aromatic heterocycles. The number of hydrogen-bond donors (Lipinski definition) is 1. The maximum Gasteiger partial charge on any atom is 0.252 e. The second-order valence-electron chi connectivity index (χ2n) is 3.88. The minimum atomic E-state index is -0.427. The van der Waals surface area contributed by atoms with Crippen molar-refractivity contribution in [1.29, 1.82) is 0 Å². The van der Waals surface area contributed by atoms with E-state index in [0.717, 1.165) is 10.2 Å².